The molecule has 1 fully saturated rings. The van der Waals surface area contributed by atoms with Crippen LogP contribution in [0.15, 0.2) is 0 Å². The quantitative estimate of drug-likeness (QED) is 0.651. The molecule has 0 spiro atoms. The molecule has 1 aliphatic rings. The average Bonchev–Trinajstić information content (AvgIpc) is 2.29. The molecule has 0 aromatic carbocycles. The van der Waals surface area contributed by atoms with Gasteiger partial charge in [0.1, 0.15) is 0 Å². The van der Waals surface area contributed by atoms with Crippen molar-refractivity contribution in [1.29, 1.82) is 0 Å². The normalized spacial score (nSPS) is 21.0. The molecule has 1 saturated carbocycles. The Hall–Kier alpha value is -0.120. The van der Waals surface area contributed by atoms with Crippen LogP contribution in [0.5, 0.6) is 0 Å². The second-order valence-electron chi connectivity index (χ2n) is 5.32. The Morgan fingerprint density at radius 2 is 1.69 bits per heavy atom. The lowest BCUT2D eigenvalue weighted by atomic mass is 9.84. The molecule has 3 nitrogen and oxygen atoms in total. The molecule has 0 amide bonds. The van der Waals surface area contributed by atoms with Gasteiger partial charge in [0.05, 0.1) is 11.2 Å². The molecule has 3 heteroatoms. The first-order chi connectivity index (χ1) is 7.54. The Balaban J connectivity index is 2.28. The van der Waals surface area contributed by atoms with Crippen LogP contribution < -0.4 is 5.32 Å². The van der Waals surface area contributed by atoms with Gasteiger partial charge in [0.2, 0.25) is 0 Å². The predicted molar refractivity (Wildman–Crippen MR) is 66.4 cm³/mol. The second-order valence-corrected chi connectivity index (χ2v) is 5.32. The van der Waals surface area contributed by atoms with Crippen LogP contribution in [0.4, 0.5) is 0 Å². The fraction of sp³-hybridized carbons (Fsp3) is 1.00. The molecular formula is C13H27NO2. The molecule has 0 aromatic rings. The van der Waals surface area contributed by atoms with E-state index >= 15 is 0 Å². The Morgan fingerprint density at radius 1 is 1.12 bits per heavy atom. The highest BCUT2D eigenvalue weighted by Crippen LogP contribution is 2.27. The third-order valence-electron chi connectivity index (χ3n) is 4.01. The van der Waals surface area contributed by atoms with E-state index in [0.29, 0.717) is 13.1 Å². The van der Waals surface area contributed by atoms with Crippen molar-refractivity contribution < 1.29 is 10.2 Å². The van der Waals surface area contributed by atoms with Crippen molar-refractivity contribution in [1.82, 2.24) is 5.32 Å². The molecule has 0 atom stereocenters. The van der Waals surface area contributed by atoms with Gasteiger partial charge in [-0.05, 0) is 25.7 Å². The Morgan fingerprint density at radius 3 is 2.19 bits per heavy atom. The van der Waals surface area contributed by atoms with E-state index < -0.39 is 11.2 Å². The van der Waals surface area contributed by atoms with Crippen LogP contribution >= 0.6 is 0 Å². The van der Waals surface area contributed by atoms with Crippen LogP contribution in [-0.4, -0.2) is 34.5 Å². The summed E-state index contributed by atoms with van der Waals surface area (Å²) in [6.45, 7) is 5.21. The standard InChI is InChI=1S/C13H27NO2/c1-3-12(15,4-2)10-14-11-13(16)8-6-5-7-9-13/h14-16H,3-11H2,1-2H3. The first-order valence-electron chi connectivity index (χ1n) is 6.69. The molecule has 0 aromatic heterocycles. The van der Waals surface area contributed by atoms with Crippen molar-refractivity contribution in [3.05, 3.63) is 0 Å². The Labute approximate surface area is 99.3 Å². The van der Waals surface area contributed by atoms with Crippen molar-refractivity contribution >= 4 is 0 Å². The smallest absolute Gasteiger partial charge is 0.0771 e. The summed E-state index contributed by atoms with van der Waals surface area (Å²) in [7, 11) is 0. The lowest BCUT2D eigenvalue weighted by Crippen LogP contribution is -2.47. The predicted octanol–water partition coefficient (Wildman–Crippen LogP) is 1.82. The lowest BCUT2D eigenvalue weighted by Gasteiger charge is -2.34. The first-order valence-corrected chi connectivity index (χ1v) is 6.69. The van der Waals surface area contributed by atoms with Gasteiger partial charge in [0.25, 0.3) is 0 Å². The lowest BCUT2D eigenvalue weighted by molar-refractivity contribution is -0.00878. The topological polar surface area (TPSA) is 52.5 Å². The zero-order chi connectivity index (χ0) is 12.1. The van der Waals surface area contributed by atoms with E-state index in [4.69, 9.17) is 0 Å². The molecule has 0 unspecified atom stereocenters. The van der Waals surface area contributed by atoms with Crippen LogP contribution in [0.3, 0.4) is 0 Å². The van der Waals surface area contributed by atoms with Crippen molar-refractivity contribution in [3.8, 4) is 0 Å². The van der Waals surface area contributed by atoms with Crippen molar-refractivity contribution in [2.24, 2.45) is 0 Å². The highest BCUT2D eigenvalue weighted by Gasteiger charge is 2.30. The number of hydrogen-bond donors (Lipinski definition) is 3. The Kier molecular flexibility index (Phi) is 5.22. The third kappa shape index (κ3) is 4.04. The van der Waals surface area contributed by atoms with Gasteiger partial charge in [-0.25, -0.2) is 0 Å². The van der Waals surface area contributed by atoms with Gasteiger partial charge in [-0.15, -0.1) is 0 Å². The summed E-state index contributed by atoms with van der Waals surface area (Å²) in [6.07, 6.45) is 6.82. The maximum atomic E-state index is 10.3. The molecule has 0 saturated heterocycles. The van der Waals surface area contributed by atoms with Crippen LogP contribution in [-0.2, 0) is 0 Å². The van der Waals surface area contributed by atoms with Gasteiger partial charge in [-0.1, -0.05) is 33.1 Å². The monoisotopic (exact) mass is 229 g/mol. The maximum Gasteiger partial charge on any atom is 0.0771 e. The van der Waals surface area contributed by atoms with Gasteiger partial charge < -0.3 is 15.5 Å². The van der Waals surface area contributed by atoms with Crippen LogP contribution in [0, 0.1) is 0 Å². The molecule has 0 bridgehead atoms. The summed E-state index contributed by atoms with van der Waals surface area (Å²) in [5, 5.41) is 23.6. The molecule has 3 N–H and O–H groups in total. The summed E-state index contributed by atoms with van der Waals surface area (Å²) in [4.78, 5) is 0. The van der Waals surface area contributed by atoms with Crippen molar-refractivity contribution in [3.63, 3.8) is 0 Å². The minimum atomic E-state index is -0.606. The fourth-order valence-electron chi connectivity index (χ4n) is 2.41. The van der Waals surface area contributed by atoms with Gasteiger partial charge in [0.15, 0.2) is 0 Å². The summed E-state index contributed by atoms with van der Waals surface area (Å²) in [6, 6.07) is 0. The average molecular weight is 229 g/mol. The van der Waals surface area contributed by atoms with Crippen LogP contribution in [0.1, 0.15) is 58.8 Å². The molecule has 0 heterocycles. The molecule has 0 radical (unpaired) electrons. The zero-order valence-corrected chi connectivity index (χ0v) is 10.8. The van der Waals surface area contributed by atoms with E-state index in [9.17, 15) is 10.2 Å². The van der Waals surface area contributed by atoms with E-state index in [1.807, 2.05) is 13.8 Å². The molecule has 16 heavy (non-hydrogen) atoms. The largest absolute Gasteiger partial charge is 0.389 e. The number of aliphatic hydroxyl groups is 2. The highest BCUT2D eigenvalue weighted by atomic mass is 16.3. The minimum Gasteiger partial charge on any atom is -0.389 e. The SMILES string of the molecule is CCC(O)(CC)CNCC1(O)CCCCC1. The number of rotatable bonds is 6. The molecule has 96 valence electrons. The van der Waals surface area contributed by atoms with E-state index in [2.05, 4.69) is 5.32 Å². The van der Waals surface area contributed by atoms with Crippen molar-refractivity contribution in [2.45, 2.75) is 70.0 Å². The van der Waals surface area contributed by atoms with E-state index in [1.54, 1.807) is 0 Å². The number of hydrogen-bond acceptors (Lipinski definition) is 3. The molecule has 0 aliphatic heterocycles. The van der Waals surface area contributed by atoms with E-state index in [0.717, 1.165) is 38.5 Å². The van der Waals surface area contributed by atoms with Crippen molar-refractivity contribution in [2.75, 3.05) is 13.1 Å². The minimum absolute atomic E-state index is 0.527. The summed E-state index contributed by atoms with van der Waals surface area (Å²) < 4.78 is 0. The third-order valence-corrected chi connectivity index (χ3v) is 4.01. The number of nitrogens with one attached hydrogen (secondary N) is 1. The summed E-state index contributed by atoms with van der Waals surface area (Å²) in [5.74, 6) is 0. The second kappa shape index (κ2) is 5.99. The highest BCUT2D eigenvalue weighted by molar-refractivity contribution is 4.86. The van der Waals surface area contributed by atoms with Crippen LogP contribution in [0.25, 0.3) is 0 Å². The Bertz CT molecular complexity index is 196. The maximum absolute atomic E-state index is 10.3. The molecule has 1 rings (SSSR count). The molecular weight excluding hydrogens is 202 g/mol. The molecule has 1 aliphatic carbocycles. The van der Waals surface area contributed by atoms with Gasteiger partial charge >= 0.3 is 0 Å². The van der Waals surface area contributed by atoms with E-state index in [1.165, 1.54) is 6.42 Å². The van der Waals surface area contributed by atoms with Gasteiger partial charge in [-0.2, -0.15) is 0 Å². The fourth-order valence-corrected chi connectivity index (χ4v) is 2.41. The van der Waals surface area contributed by atoms with E-state index in [-0.39, 0.29) is 0 Å². The summed E-state index contributed by atoms with van der Waals surface area (Å²) >= 11 is 0. The zero-order valence-electron chi connectivity index (χ0n) is 10.8. The van der Waals surface area contributed by atoms with Crippen LogP contribution in [0.2, 0.25) is 0 Å². The summed E-state index contributed by atoms with van der Waals surface area (Å²) in [5.41, 5.74) is -1.13. The van der Waals surface area contributed by atoms with Gasteiger partial charge in [0, 0.05) is 13.1 Å². The van der Waals surface area contributed by atoms with Gasteiger partial charge in [-0.3, -0.25) is 0 Å². The first kappa shape index (κ1) is 13.9.